The van der Waals surface area contributed by atoms with Gasteiger partial charge in [-0.3, -0.25) is 9.59 Å². The highest BCUT2D eigenvalue weighted by Crippen LogP contribution is 2.11. The van der Waals surface area contributed by atoms with Crippen molar-refractivity contribution in [2.75, 3.05) is 39.3 Å². The Bertz CT molecular complexity index is 314. The molecule has 119 valence electrons. The molecule has 0 aromatic rings. The molecule has 0 atom stereocenters. The fraction of sp³-hybridized carbons (Fsp3) is 0.875. The van der Waals surface area contributed by atoms with Crippen molar-refractivity contribution >= 4 is 11.8 Å². The first-order valence-corrected chi connectivity index (χ1v) is 8.46. The molecule has 0 bridgehead atoms. The standard InChI is InChI=1S/C16H28N3O2/c20-15-7-5-13-18(15)11-3-1-9-17-10-2-4-12-19-14-6-8-16(19)21/h1-14H2. The van der Waals surface area contributed by atoms with E-state index >= 15 is 0 Å². The zero-order chi connectivity index (χ0) is 14.9. The van der Waals surface area contributed by atoms with Gasteiger partial charge < -0.3 is 9.80 Å². The molecule has 0 aliphatic carbocycles. The quantitative estimate of drug-likeness (QED) is 0.572. The van der Waals surface area contributed by atoms with Crippen molar-refractivity contribution in [2.24, 2.45) is 0 Å². The molecular formula is C16H28N3O2. The van der Waals surface area contributed by atoms with Crippen molar-refractivity contribution in [1.82, 2.24) is 15.1 Å². The Balaban J connectivity index is 1.35. The number of amides is 2. The Morgan fingerprint density at radius 1 is 0.762 bits per heavy atom. The van der Waals surface area contributed by atoms with Crippen molar-refractivity contribution in [3.8, 4) is 0 Å². The van der Waals surface area contributed by atoms with Crippen molar-refractivity contribution in [2.45, 2.75) is 51.4 Å². The van der Waals surface area contributed by atoms with Crippen LogP contribution in [0.15, 0.2) is 0 Å². The summed E-state index contributed by atoms with van der Waals surface area (Å²) >= 11 is 0. The van der Waals surface area contributed by atoms with E-state index in [1.165, 1.54) is 0 Å². The van der Waals surface area contributed by atoms with Crippen LogP contribution in [0, 0.1) is 0 Å². The van der Waals surface area contributed by atoms with Crippen LogP contribution >= 0.6 is 0 Å². The maximum Gasteiger partial charge on any atom is 0.222 e. The van der Waals surface area contributed by atoms with Gasteiger partial charge in [-0.15, -0.1) is 0 Å². The Kier molecular flexibility index (Phi) is 7.00. The maximum absolute atomic E-state index is 11.4. The fourth-order valence-electron chi connectivity index (χ4n) is 3.05. The van der Waals surface area contributed by atoms with Crippen LogP contribution in [0.1, 0.15) is 51.4 Å². The third-order valence-electron chi connectivity index (χ3n) is 4.33. The predicted octanol–water partition coefficient (Wildman–Crippen LogP) is 1.40. The second-order valence-electron chi connectivity index (χ2n) is 6.05. The monoisotopic (exact) mass is 294 g/mol. The van der Waals surface area contributed by atoms with Crippen molar-refractivity contribution < 1.29 is 9.59 Å². The van der Waals surface area contributed by atoms with Gasteiger partial charge in [-0.2, -0.15) is 0 Å². The molecular weight excluding hydrogens is 266 g/mol. The topological polar surface area (TPSA) is 54.7 Å². The minimum Gasteiger partial charge on any atom is -0.343 e. The molecule has 2 heterocycles. The Morgan fingerprint density at radius 2 is 1.24 bits per heavy atom. The van der Waals surface area contributed by atoms with Gasteiger partial charge in [-0.05, 0) is 38.5 Å². The van der Waals surface area contributed by atoms with Crippen molar-refractivity contribution in [3.63, 3.8) is 0 Å². The maximum atomic E-state index is 11.4. The number of likely N-dealkylation sites (tertiary alicyclic amines) is 2. The van der Waals surface area contributed by atoms with Crippen LogP contribution in [0.5, 0.6) is 0 Å². The fourth-order valence-corrected chi connectivity index (χ4v) is 3.05. The number of carbonyl (C=O) groups is 2. The van der Waals surface area contributed by atoms with Gasteiger partial charge in [-0.25, -0.2) is 5.32 Å². The van der Waals surface area contributed by atoms with Crippen LogP contribution in [0.2, 0.25) is 0 Å². The third kappa shape index (κ3) is 5.65. The van der Waals surface area contributed by atoms with E-state index in [-0.39, 0.29) is 0 Å². The summed E-state index contributed by atoms with van der Waals surface area (Å²) in [6.45, 7) is 5.53. The summed E-state index contributed by atoms with van der Waals surface area (Å²) in [5.41, 5.74) is 0. The highest BCUT2D eigenvalue weighted by Gasteiger charge is 2.19. The molecule has 0 aromatic heterocycles. The highest BCUT2D eigenvalue weighted by atomic mass is 16.2. The van der Waals surface area contributed by atoms with Crippen LogP contribution in [-0.4, -0.2) is 60.9 Å². The summed E-state index contributed by atoms with van der Waals surface area (Å²) in [6, 6.07) is 0. The molecule has 2 fully saturated rings. The smallest absolute Gasteiger partial charge is 0.222 e. The van der Waals surface area contributed by atoms with Gasteiger partial charge in [0.05, 0.1) is 0 Å². The molecule has 1 radical (unpaired) electrons. The summed E-state index contributed by atoms with van der Waals surface area (Å²) in [6.07, 6.45) is 7.83. The Labute approximate surface area is 128 Å². The molecule has 5 heteroatoms. The zero-order valence-electron chi connectivity index (χ0n) is 13.1. The SMILES string of the molecule is O=C1CCCN1CCCC[N]CCCCN1CCCC1=O. The van der Waals surface area contributed by atoms with Gasteiger partial charge >= 0.3 is 0 Å². The van der Waals surface area contributed by atoms with Crippen LogP contribution in [-0.2, 0) is 9.59 Å². The van der Waals surface area contributed by atoms with E-state index in [4.69, 9.17) is 0 Å². The molecule has 2 saturated heterocycles. The second kappa shape index (κ2) is 9.03. The summed E-state index contributed by atoms with van der Waals surface area (Å²) in [5.74, 6) is 0.645. The largest absolute Gasteiger partial charge is 0.343 e. The molecule has 0 unspecified atom stereocenters. The van der Waals surface area contributed by atoms with Gasteiger partial charge in [0.1, 0.15) is 0 Å². The second-order valence-corrected chi connectivity index (χ2v) is 6.05. The van der Waals surface area contributed by atoms with E-state index in [0.717, 1.165) is 90.6 Å². The van der Waals surface area contributed by atoms with E-state index < -0.39 is 0 Å². The highest BCUT2D eigenvalue weighted by molar-refractivity contribution is 5.78. The zero-order valence-corrected chi connectivity index (χ0v) is 13.1. The van der Waals surface area contributed by atoms with Gasteiger partial charge in [0.2, 0.25) is 11.8 Å². The number of hydrogen-bond acceptors (Lipinski definition) is 2. The van der Waals surface area contributed by atoms with E-state index in [1.54, 1.807) is 0 Å². The minimum atomic E-state index is 0.323. The van der Waals surface area contributed by atoms with E-state index in [9.17, 15) is 9.59 Å². The van der Waals surface area contributed by atoms with Gasteiger partial charge in [-0.1, -0.05) is 0 Å². The molecule has 0 aromatic carbocycles. The predicted molar refractivity (Wildman–Crippen MR) is 82.0 cm³/mol. The first-order chi connectivity index (χ1) is 10.3. The van der Waals surface area contributed by atoms with Gasteiger partial charge in [0.25, 0.3) is 0 Å². The minimum absolute atomic E-state index is 0.323. The van der Waals surface area contributed by atoms with Crippen LogP contribution < -0.4 is 5.32 Å². The number of rotatable bonds is 10. The molecule has 21 heavy (non-hydrogen) atoms. The molecule has 2 aliphatic heterocycles. The van der Waals surface area contributed by atoms with Gasteiger partial charge in [0, 0.05) is 52.1 Å². The summed E-state index contributed by atoms with van der Waals surface area (Å²) in [4.78, 5) is 26.8. The Morgan fingerprint density at radius 3 is 1.62 bits per heavy atom. The number of carbonyl (C=O) groups excluding carboxylic acids is 2. The summed E-state index contributed by atoms with van der Waals surface area (Å²) in [7, 11) is 0. The normalized spacial score (nSPS) is 19.0. The molecule has 0 spiro atoms. The Hall–Kier alpha value is -1.10. The molecule has 2 amide bonds. The van der Waals surface area contributed by atoms with Crippen LogP contribution in [0.4, 0.5) is 0 Å². The van der Waals surface area contributed by atoms with Crippen LogP contribution in [0.3, 0.4) is 0 Å². The molecule has 0 N–H and O–H groups in total. The number of hydrogen-bond donors (Lipinski definition) is 0. The van der Waals surface area contributed by atoms with E-state index in [0.29, 0.717) is 11.8 Å². The first kappa shape index (κ1) is 16.3. The number of unbranched alkanes of at least 4 members (excludes halogenated alkanes) is 2. The number of nitrogens with zero attached hydrogens (tertiary/aromatic N) is 3. The van der Waals surface area contributed by atoms with E-state index in [1.807, 2.05) is 9.80 Å². The average Bonchev–Trinajstić information content (AvgIpc) is 3.06. The first-order valence-electron chi connectivity index (χ1n) is 8.46. The molecule has 5 nitrogen and oxygen atoms in total. The molecule has 0 saturated carbocycles. The van der Waals surface area contributed by atoms with Gasteiger partial charge in [0.15, 0.2) is 0 Å². The average molecular weight is 294 g/mol. The molecule has 2 aliphatic rings. The lowest BCUT2D eigenvalue weighted by Gasteiger charge is -2.15. The lowest BCUT2D eigenvalue weighted by molar-refractivity contribution is -0.128. The third-order valence-corrected chi connectivity index (χ3v) is 4.33. The van der Waals surface area contributed by atoms with Crippen molar-refractivity contribution in [3.05, 3.63) is 0 Å². The van der Waals surface area contributed by atoms with Crippen LogP contribution in [0.25, 0.3) is 0 Å². The lowest BCUT2D eigenvalue weighted by Crippen LogP contribution is -2.26. The lowest BCUT2D eigenvalue weighted by atomic mass is 10.2. The summed E-state index contributed by atoms with van der Waals surface area (Å²) in [5, 5.41) is 4.53. The summed E-state index contributed by atoms with van der Waals surface area (Å²) < 4.78 is 0. The van der Waals surface area contributed by atoms with E-state index in [2.05, 4.69) is 5.32 Å². The molecule has 2 rings (SSSR count). The van der Waals surface area contributed by atoms with Crippen molar-refractivity contribution in [1.29, 1.82) is 0 Å².